The highest BCUT2D eigenvalue weighted by molar-refractivity contribution is 14.1. The first kappa shape index (κ1) is 20.2. The van der Waals surface area contributed by atoms with Crippen LogP contribution < -0.4 is 5.32 Å². The lowest BCUT2D eigenvalue weighted by Gasteiger charge is -2.32. The Morgan fingerprint density at radius 1 is 1.22 bits per heavy atom. The number of carbonyl (C=O) groups is 1. The van der Waals surface area contributed by atoms with Crippen LogP contribution in [-0.2, 0) is 9.47 Å². The quantitative estimate of drug-likeness (QED) is 0.505. The molecule has 1 aromatic carbocycles. The standard InChI is InChI=1S/C17H25FINO3/c1-16(2,3)23-15(21)20-17(4,5)22-14(10-11-18)12-6-8-13(19)9-7-12/h6-9,14H,10-11H2,1-5H3,(H,20,21)/t14-/m0/s1. The van der Waals surface area contributed by atoms with E-state index in [1.165, 1.54) is 0 Å². The number of alkyl carbamates (subject to hydrolysis) is 1. The second kappa shape index (κ2) is 8.28. The van der Waals surface area contributed by atoms with Crippen molar-refractivity contribution < 1.29 is 18.7 Å². The zero-order valence-corrected chi connectivity index (χ0v) is 16.4. The third kappa shape index (κ3) is 7.97. The van der Waals surface area contributed by atoms with Crippen LogP contribution in [0.15, 0.2) is 24.3 Å². The predicted octanol–water partition coefficient (Wildman–Crippen LogP) is 4.97. The molecule has 1 rings (SSSR count). The van der Waals surface area contributed by atoms with Crippen LogP contribution in [-0.4, -0.2) is 24.1 Å². The van der Waals surface area contributed by atoms with Crippen LogP contribution in [0, 0.1) is 3.57 Å². The molecule has 1 aromatic rings. The topological polar surface area (TPSA) is 47.6 Å². The van der Waals surface area contributed by atoms with E-state index in [1.54, 1.807) is 34.6 Å². The van der Waals surface area contributed by atoms with E-state index < -0.39 is 30.2 Å². The lowest BCUT2D eigenvalue weighted by molar-refractivity contribution is -0.0979. The van der Waals surface area contributed by atoms with E-state index in [0.29, 0.717) is 0 Å². The van der Waals surface area contributed by atoms with Crippen LogP contribution in [0.2, 0.25) is 0 Å². The summed E-state index contributed by atoms with van der Waals surface area (Å²) in [6, 6.07) is 7.70. The van der Waals surface area contributed by atoms with Gasteiger partial charge in [0, 0.05) is 9.99 Å². The molecule has 4 nitrogen and oxygen atoms in total. The van der Waals surface area contributed by atoms with Gasteiger partial charge >= 0.3 is 6.09 Å². The molecule has 1 N–H and O–H groups in total. The lowest BCUT2D eigenvalue weighted by atomic mass is 10.1. The number of hydrogen-bond acceptors (Lipinski definition) is 3. The molecule has 0 saturated carbocycles. The molecule has 6 heteroatoms. The number of rotatable bonds is 6. The van der Waals surface area contributed by atoms with Crippen LogP contribution in [0.1, 0.15) is 52.7 Å². The van der Waals surface area contributed by atoms with Gasteiger partial charge in [0.1, 0.15) is 11.3 Å². The van der Waals surface area contributed by atoms with Gasteiger partial charge in [-0.1, -0.05) is 12.1 Å². The minimum atomic E-state index is -0.981. The fourth-order valence-electron chi connectivity index (χ4n) is 2.00. The summed E-state index contributed by atoms with van der Waals surface area (Å²) in [5, 5.41) is 2.68. The molecule has 0 radical (unpaired) electrons. The Kier molecular flexibility index (Phi) is 7.26. The maximum Gasteiger partial charge on any atom is 0.409 e. The Hall–Kier alpha value is -0.890. The molecule has 0 aliphatic rings. The van der Waals surface area contributed by atoms with Crippen molar-refractivity contribution in [3.05, 3.63) is 33.4 Å². The minimum Gasteiger partial charge on any atom is -0.444 e. The van der Waals surface area contributed by atoms with Gasteiger partial charge in [0.2, 0.25) is 0 Å². The Balaban J connectivity index is 2.77. The number of hydrogen-bond donors (Lipinski definition) is 1. The van der Waals surface area contributed by atoms with Gasteiger partial charge in [-0.2, -0.15) is 0 Å². The summed E-state index contributed by atoms with van der Waals surface area (Å²) in [4.78, 5) is 11.9. The molecule has 0 aliphatic carbocycles. The van der Waals surface area contributed by atoms with Crippen molar-refractivity contribution in [3.63, 3.8) is 0 Å². The summed E-state index contributed by atoms with van der Waals surface area (Å²) in [6.45, 7) is 8.30. The highest BCUT2D eigenvalue weighted by Crippen LogP contribution is 2.27. The third-order valence-corrected chi connectivity index (χ3v) is 3.57. The SMILES string of the molecule is CC(C)(C)OC(=O)NC(C)(C)O[C@@H](CCF)c1ccc(I)cc1. The first-order valence-electron chi connectivity index (χ1n) is 7.53. The molecule has 1 atom stereocenters. The normalized spacial score (nSPS) is 13.5. The Morgan fingerprint density at radius 3 is 2.26 bits per heavy atom. The fourth-order valence-corrected chi connectivity index (χ4v) is 2.36. The van der Waals surface area contributed by atoms with Crippen LogP contribution in [0.5, 0.6) is 0 Å². The zero-order valence-electron chi connectivity index (χ0n) is 14.3. The van der Waals surface area contributed by atoms with Crippen LogP contribution in [0.25, 0.3) is 0 Å². The molecule has 0 heterocycles. The fraction of sp³-hybridized carbons (Fsp3) is 0.588. The number of alkyl halides is 1. The molecule has 0 unspecified atom stereocenters. The van der Waals surface area contributed by atoms with Gasteiger partial charge in [-0.05, 0) is 74.9 Å². The van der Waals surface area contributed by atoms with Gasteiger partial charge in [-0.25, -0.2) is 4.79 Å². The van der Waals surface area contributed by atoms with Crippen molar-refractivity contribution in [2.75, 3.05) is 6.67 Å². The molecule has 0 fully saturated rings. The molecular weight excluding hydrogens is 412 g/mol. The highest BCUT2D eigenvalue weighted by atomic mass is 127. The summed E-state index contributed by atoms with van der Waals surface area (Å²) in [7, 11) is 0. The van der Waals surface area contributed by atoms with Crippen molar-refractivity contribution in [2.45, 2.75) is 58.5 Å². The van der Waals surface area contributed by atoms with Gasteiger partial charge in [0.15, 0.2) is 0 Å². The van der Waals surface area contributed by atoms with Crippen molar-refractivity contribution in [3.8, 4) is 0 Å². The van der Waals surface area contributed by atoms with Crippen molar-refractivity contribution in [1.29, 1.82) is 0 Å². The first-order valence-corrected chi connectivity index (χ1v) is 8.61. The maximum absolute atomic E-state index is 12.9. The number of halogens is 2. The summed E-state index contributed by atoms with van der Waals surface area (Å²) >= 11 is 2.21. The van der Waals surface area contributed by atoms with Crippen molar-refractivity contribution >= 4 is 28.7 Å². The number of carbonyl (C=O) groups excluding carboxylic acids is 1. The van der Waals surface area contributed by atoms with E-state index in [9.17, 15) is 9.18 Å². The van der Waals surface area contributed by atoms with Crippen molar-refractivity contribution in [1.82, 2.24) is 5.32 Å². The van der Waals surface area contributed by atoms with E-state index >= 15 is 0 Å². The van der Waals surface area contributed by atoms with E-state index in [-0.39, 0.29) is 6.42 Å². The molecule has 0 bridgehead atoms. The molecule has 0 spiro atoms. The Bertz CT molecular complexity index is 512. The van der Waals surface area contributed by atoms with E-state index in [2.05, 4.69) is 27.9 Å². The molecule has 23 heavy (non-hydrogen) atoms. The maximum atomic E-state index is 12.9. The lowest BCUT2D eigenvalue weighted by Crippen LogP contribution is -2.48. The minimum absolute atomic E-state index is 0.222. The zero-order chi connectivity index (χ0) is 17.7. The third-order valence-electron chi connectivity index (χ3n) is 2.85. The van der Waals surface area contributed by atoms with Crippen LogP contribution in [0.4, 0.5) is 9.18 Å². The van der Waals surface area contributed by atoms with Crippen LogP contribution >= 0.6 is 22.6 Å². The highest BCUT2D eigenvalue weighted by Gasteiger charge is 2.28. The first-order chi connectivity index (χ1) is 10.5. The smallest absolute Gasteiger partial charge is 0.409 e. The van der Waals surface area contributed by atoms with E-state index in [0.717, 1.165) is 9.13 Å². The Morgan fingerprint density at radius 2 is 1.78 bits per heavy atom. The molecule has 1 amide bonds. The molecular formula is C17H25FINO3. The number of benzene rings is 1. The molecule has 0 aliphatic heterocycles. The monoisotopic (exact) mass is 437 g/mol. The van der Waals surface area contributed by atoms with E-state index in [1.807, 2.05) is 24.3 Å². The van der Waals surface area contributed by atoms with Gasteiger partial charge in [-0.3, -0.25) is 9.71 Å². The summed E-state index contributed by atoms with van der Waals surface area (Å²) < 4.78 is 25.1. The molecule has 0 saturated heterocycles. The summed E-state index contributed by atoms with van der Waals surface area (Å²) in [6.07, 6.45) is -0.786. The second-order valence-corrected chi connectivity index (χ2v) is 8.02. The summed E-state index contributed by atoms with van der Waals surface area (Å²) in [5.41, 5.74) is -0.693. The number of ether oxygens (including phenoxy) is 2. The predicted molar refractivity (Wildman–Crippen MR) is 97.0 cm³/mol. The Labute approximate surface area is 151 Å². The average Bonchev–Trinajstić information content (AvgIpc) is 2.35. The van der Waals surface area contributed by atoms with Crippen LogP contribution in [0.3, 0.4) is 0 Å². The number of amides is 1. The van der Waals surface area contributed by atoms with Gasteiger partial charge in [0.05, 0.1) is 12.8 Å². The second-order valence-electron chi connectivity index (χ2n) is 6.77. The summed E-state index contributed by atoms with van der Waals surface area (Å²) in [5.74, 6) is 0. The van der Waals surface area contributed by atoms with Gasteiger partial charge < -0.3 is 9.47 Å². The van der Waals surface area contributed by atoms with E-state index in [4.69, 9.17) is 9.47 Å². The molecule has 130 valence electrons. The van der Waals surface area contributed by atoms with Gasteiger partial charge in [-0.15, -0.1) is 0 Å². The molecule has 0 aromatic heterocycles. The van der Waals surface area contributed by atoms with Crippen molar-refractivity contribution in [2.24, 2.45) is 0 Å². The largest absolute Gasteiger partial charge is 0.444 e. The van der Waals surface area contributed by atoms with Gasteiger partial charge in [0.25, 0.3) is 0 Å². The number of nitrogens with one attached hydrogen (secondary N) is 1. The average molecular weight is 437 g/mol.